The third kappa shape index (κ3) is 5.88. The van der Waals surface area contributed by atoms with E-state index in [9.17, 15) is 24.0 Å². The monoisotopic (exact) mass is 524 g/mol. The Morgan fingerprint density at radius 2 is 2.00 bits per heavy atom. The molecule has 1 aliphatic heterocycles. The van der Waals surface area contributed by atoms with Crippen molar-refractivity contribution in [1.29, 1.82) is 0 Å². The molecule has 1 aliphatic rings. The zero-order chi connectivity index (χ0) is 27.6. The van der Waals surface area contributed by atoms with Crippen LogP contribution in [0.4, 0.5) is 10.5 Å². The molecule has 3 N–H and O–H groups in total. The highest BCUT2D eigenvalue weighted by Crippen LogP contribution is 2.24. The fraction of sp³-hybridized carbons (Fsp3) is 0.400. The number of aryl methyl sites for hydroxylation is 1. The zero-order valence-corrected chi connectivity index (χ0v) is 21.4. The summed E-state index contributed by atoms with van der Waals surface area (Å²) in [7, 11) is 0. The van der Waals surface area contributed by atoms with Gasteiger partial charge >= 0.3 is 6.09 Å². The van der Waals surface area contributed by atoms with E-state index in [-0.39, 0.29) is 59.8 Å². The number of nitrogens with zero attached hydrogens (tertiary/aromatic N) is 3. The fourth-order valence-corrected chi connectivity index (χ4v) is 4.05. The lowest BCUT2D eigenvalue weighted by Crippen LogP contribution is -2.45. The van der Waals surface area contributed by atoms with Crippen molar-refractivity contribution in [3.63, 3.8) is 0 Å². The summed E-state index contributed by atoms with van der Waals surface area (Å²) in [5.41, 5.74) is -0.548. The molecular weight excluding hydrogens is 496 g/mol. The number of carbonyl (C=O) groups excluding carboxylic acids is 4. The number of hydrogen-bond donors (Lipinski definition) is 3. The molecule has 3 aromatic rings. The van der Waals surface area contributed by atoms with Gasteiger partial charge in [-0.2, -0.15) is 0 Å². The Labute approximate surface area is 216 Å². The van der Waals surface area contributed by atoms with Crippen molar-refractivity contribution in [2.45, 2.75) is 58.6 Å². The summed E-state index contributed by atoms with van der Waals surface area (Å²) < 4.78 is 11.6. The number of benzene rings is 1. The van der Waals surface area contributed by atoms with Gasteiger partial charge in [0.05, 0.1) is 11.1 Å². The molecule has 200 valence electrons. The lowest BCUT2D eigenvalue weighted by atomic mass is 10.1. The maximum Gasteiger partial charge on any atom is 0.407 e. The van der Waals surface area contributed by atoms with Crippen LogP contribution in [0.2, 0.25) is 0 Å². The van der Waals surface area contributed by atoms with Crippen LogP contribution in [0, 0.1) is 6.92 Å². The number of nitrogens with one attached hydrogen (secondary N) is 3. The molecule has 4 rings (SSSR count). The molecule has 4 amide bonds. The van der Waals surface area contributed by atoms with Gasteiger partial charge in [-0.05, 0) is 46.2 Å². The maximum atomic E-state index is 13.3. The van der Waals surface area contributed by atoms with Crippen LogP contribution in [0.15, 0.2) is 33.6 Å². The number of carbonyl (C=O) groups is 4. The number of rotatable bonds is 6. The molecule has 2 aromatic heterocycles. The average Bonchev–Trinajstić information content (AvgIpc) is 3.29. The molecule has 0 spiro atoms. The molecule has 0 aliphatic carbocycles. The summed E-state index contributed by atoms with van der Waals surface area (Å²) in [6, 6.07) is 5.32. The summed E-state index contributed by atoms with van der Waals surface area (Å²) in [6.07, 6.45) is 0.0312. The Kier molecular flexibility index (Phi) is 7.28. The van der Waals surface area contributed by atoms with Gasteiger partial charge in [0, 0.05) is 25.5 Å². The van der Waals surface area contributed by atoms with Gasteiger partial charge < -0.3 is 19.9 Å². The second-order valence-corrected chi connectivity index (χ2v) is 9.81. The van der Waals surface area contributed by atoms with E-state index >= 15 is 0 Å². The van der Waals surface area contributed by atoms with Gasteiger partial charge in [0.15, 0.2) is 5.69 Å². The van der Waals surface area contributed by atoms with Crippen molar-refractivity contribution in [1.82, 2.24) is 25.3 Å². The Morgan fingerprint density at radius 3 is 2.71 bits per heavy atom. The van der Waals surface area contributed by atoms with Crippen LogP contribution in [0.25, 0.3) is 10.9 Å². The number of piperidine rings is 1. The number of hydrogen-bond acceptors (Lipinski definition) is 9. The number of aromatic nitrogens is 3. The molecule has 0 saturated carbocycles. The van der Waals surface area contributed by atoms with E-state index in [0.29, 0.717) is 5.76 Å². The Balaban J connectivity index is 1.48. The zero-order valence-electron chi connectivity index (χ0n) is 21.4. The van der Waals surface area contributed by atoms with E-state index in [1.807, 2.05) is 0 Å². The molecule has 1 aromatic carbocycles. The SMILES string of the molecule is Cc1nc2c(NC(=O)c3cc(CCNC(=O)OC(C)(C)C)on3)cccc2c(=O)n1C1CCC(=O)NC1=O. The summed E-state index contributed by atoms with van der Waals surface area (Å²) >= 11 is 0. The van der Waals surface area contributed by atoms with Gasteiger partial charge in [-0.1, -0.05) is 11.2 Å². The molecule has 0 radical (unpaired) electrons. The third-order valence-electron chi connectivity index (χ3n) is 5.71. The highest BCUT2D eigenvalue weighted by Gasteiger charge is 2.30. The number of fused-ring (bicyclic) bond motifs is 1. The van der Waals surface area contributed by atoms with E-state index in [1.54, 1.807) is 45.9 Å². The van der Waals surface area contributed by atoms with E-state index in [2.05, 4.69) is 26.1 Å². The molecule has 13 nitrogen and oxygen atoms in total. The van der Waals surface area contributed by atoms with E-state index in [0.717, 1.165) is 0 Å². The topological polar surface area (TPSA) is 175 Å². The molecule has 0 bridgehead atoms. The van der Waals surface area contributed by atoms with Crippen LogP contribution in [-0.4, -0.2) is 50.7 Å². The van der Waals surface area contributed by atoms with E-state index < -0.39 is 35.1 Å². The largest absolute Gasteiger partial charge is 0.444 e. The first-order chi connectivity index (χ1) is 17.9. The van der Waals surface area contributed by atoms with Crippen molar-refractivity contribution in [2.24, 2.45) is 0 Å². The lowest BCUT2D eigenvalue weighted by molar-refractivity contribution is -0.135. The van der Waals surface area contributed by atoms with Crippen molar-refractivity contribution >= 4 is 40.4 Å². The van der Waals surface area contributed by atoms with Crippen LogP contribution in [0.1, 0.15) is 61.7 Å². The van der Waals surface area contributed by atoms with E-state index in [4.69, 9.17) is 9.26 Å². The molecule has 1 fully saturated rings. The highest BCUT2D eigenvalue weighted by molar-refractivity contribution is 6.07. The molecule has 1 unspecified atom stereocenters. The predicted molar refractivity (Wildman–Crippen MR) is 135 cm³/mol. The number of ether oxygens (including phenoxy) is 1. The van der Waals surface area contributed by atoms with Gasteiger partial charge in [0.25, 0.3) is 11.5 Å². The van der Waals surface area contributed by atoms with Gasteiger partial charge in [-0.25, -0.2) is 9.78 Å². The summed E-state index contributed by atoms with van der Waals surface area (Å²) in [5, 5.41) is 11.5. The number of imide groups is 1. The van der Waals surface area contributed by atoms with Crippen LogP contribution in [-0.2, 0) is 20.7 Å². The van der Waals surface area contributed by atoms with Gasteiger partial charge in [0.1, 0.15) is 28.7 Å². The van der Waals surface area contributed by atoms with Crippen LogP contribution in [0.3, 0.4) is 0 Å². The molecule has 38 heavy (non-hydrogen) atoms. The second-order valence-electron chi connectivity index (χ2n) is 9.81. The van der Waals surface area contributed by atoms with Gasteiger partial charge in [0.2, 0.25) is 11.8 Å². The lowest BCUT2D eigenvalue weighted by Gasteiger charge is -2.24. The number of anilines is 1. The minimum absolute atomic E-state index is 0.00267. The predicted octanol–water partition coefficient (Wildman–Crippen LogP) is 1.99. The molecule has 1 atom stereocenters. The molecular formula is C25H28N6O7. The summed E-state index contributed by atoms with van der Waals surface area (Å²) in [6.45, 7) is 7.08. The first kappa shape index (κ1) is 26.5. The molecule has 3 heterocycles. The maximum absolute atomic E-state index is 13.3. The van der Waals surface area contributed by atoms with Crippen molar-refractivity contribution in [3.05, 3.63) is 51.9 Å². The van der Waals surface area contributed by atoms with E-state index in [1.165, 1.54) is 10.6 Å². The summed E-state index contributed by atoms with van der Waals surface area (Å²) in [4.78, 5) is 66.2. The Hall–Kier alpha value is -4.55. The summed E-state index contributed by atoms with van der Waals surface area (Å²) in [5.74, 6) is -0.877. The van der Waals surface area contributed by atoms with Crippen LogP contribution in [0.5, 0.6) is 0 Å². The Bertz CT molecular complexity index is 1480. The highest BCUT2D eigenvalue weighted by atomic mass is 16.6. The quantitative estimate of drug-likeness (QED) is 0.407. The van der Waals surface area contributed by atoms with Crippen molar-refractivity contribution < 1.29 is 28.4 Å². The molecule has 13 heteroatoms. The average molecular weight is 525 g/mol. The smallest absolute Gasteiger partial charge is 0.407 e. The van der Waals surface area contributed by atoms with Crippen molar-refractivity contribution in [3.8, 4) is 0 Å². The first-order valence-corrected chi connectivity index (χ1v) is 12.0. The first-order valence-electron chi connectivity index (χ1n) is 12.0. The fourth-order valence-electron chi connectivity index (χ4n) is 4.05. The molecule has 1 saturated heterocycles. The third-order valence-corrected chi connectivity index (χ3v) is 5.71. The normalized spacial score (nSPS) is 15.7. The van der Waals surface area contributed by atoms with Crippen molar-refractivity contribution in [2.75, 3.05) is 11.9 Å². The minimum Gasteiger partial charge on any atom is -0.444 e. The number of amides is 4. The van der Waals surface area contributed by atoms with Crippen LogP contribution >= 0.6 is 0 Å². The number of para-hydroxylation sites is 1. The van der Waals surface area contributed by atoms with Crippen LogP contribution < -0.4 is 21.5 Å². The Morgan fingerprint density at radius 1 is 1.24 bits per heavy atom. The van der Waals surface area contributed by atoms with Gasteiger partial charge in [-0.15, -0.1) is 0 Å². The minimum atomic E-state index is -0.853. The standard InChI is InChI=1S/C25H28N6O7/c1-13-27-20-15(23(35)31(13)18-8-9-19(32)29-22(18)34)6-5-7-16(20)28-21(33)17-12-14(38-30-17)10-11-26-24(36)37-25(2,3)4/h5-7,12,18H,8-11H2,1-4H3,(H,26,36)(H,28,33)(H,29,32,34). The van der Waals surface area contributed by atoms with Gasteiger partial charge in [-0.3, -0.25) is 29.1 Å². The second kappa shape index (κ2) is 10.4. The number of alkyl carbamates (subject to hydrolysis) is 1.